The molecule has 102 valence electrons. The third-order valence-corrected chi connectivity index (χ3v) is 3.77. The minimum atomic E-state index is -0.640. The molecule has 18 heavy (non-hydrogen) atoms. The minimum Gasteiger partial charge on any atom is -0.466 e. The van der Waals surface area contributed by atoms with Gasteiger partial charge in [0.25, 0.3) is 0 Å². The predicted molar refractivity (Wildman–Crippen MR) is 62.8 cm³/mol. The van der Waals surface area contributed by atoms with E-state index in [1.54, 1.807) is 13.8 Å². The van der Waals surface area contributed by atoms with Gasteiger partial charge in [0.15, 0.2) is 5.79 Å². The van der Waals surface area contributed by atoms with Crippen molar-refractivity contribution in [3.8, 4) is 0 Å². The molecule has 0 unspecified atom stereocenters. The van der Waals surface area contributed by atoms with Crippen LogP contribution < -0.4 is 0 Å². The number of hydrogen-bond donors (Lipinski definition) is 0. The van der Waals surface area contributed by atoms with Gasteiger partial charge in [0, 0.05) is 25.2 Å². The lowest BCUT2D eigenvalue weighted by Crippen LogP contribution is -2.44. The highest BCUT2D eigenvalue weighted by molar-refractivity contribution is 5.87. The molecule has 2 fully saturated rings. The number of ether oxygens (including phenoxy) is 3. The van der Waals surface area contributed by atoms with Gasteiger partial charge in [0.05, 0.1) is 25.7 Å². The maximum atomic E-state index is 12.0. The average molecular weight is 256 g/mol. The smallest absolute Gasteiger partial charge is 0.309 e. The molecule has 0 N–H and O–H groups in total. The summed E-state index contributed by atoms with van der Waals surface area (Å²) >= 11 is 0. The molecular formula is C13H20O5. The number of hydrogen-bond acceptors (Lipinski definition) is 5. The summed E-state index contributed by atoms with van der Waals surface area (Å²) in [4.78, 5) is 23.7. The van der Waals surface area contributed by atoms with Crippen molar-refractivity contribution in [3.63, 3.8) is 0 Å². The summed E-state index contributed by atoms with van der Waals surface area (Å²) in [6, 6.07) is 0. The third kappa shape index (κ3) is 2.57. The molecule has 1 aliphatic carbocycles. The van der Waals surface area contributed by atoms with Crippen LogP contribution in [0.5, 0.6) is 0 Å². The van der Waals surface area contributed by atoms with Crippen molar-refractivity contribution < 1.29 is 23.8 Å². The summed E-state index contributed by atoms with van der Waals surface area (Å²) in [5.74, 6) is -1.62. The average Bonchev–Trinajstić information content (AvgIpc) is 2.81. The summed E-state index contributed by atoms with van der Waals surface area (Å²) in [6.45, 7) is 4.97. The number of Topliss-reactive ketones (excluding diaryl/α,β-unsaturated/α-hetero) is 1. The molecule has 0 aromatic heterocycles. The minimum absolute atomic E-state index is 0.111. The molecule has 1 saturated heterocycles. The standard InChI is InChI=1S/C13H20O5/c1-3-16-12(15)9(2)10-8-13(5-4-11(10)14)17-6-7-18-13/h9-10H,3-8H2,1-2H3/t9-,10-/m0/s1. The molecular weight excluding hydrogens is 236 g/mol. The van der Waals surface area contributed by atoms with E-state index in [9.17, 15) is 9.59 Å². The zero-order valence-electron chi connectivity index (χ0n) is 10.9. The predicted octanol–water partition coefficient (Wildman–Crippen LogP) is 1.30. The third-order valence-electron chi connectivity index (χ3n) is 3.77. The van der Waals surface area contributed by atoms with E-state index in [2.05, 4.69) is 0 Å². The van der Waals surface area contributed by atoms with Crippen molar-refractivity contribution in [2.45, 2.75) is 38.9 Å². The van der Waals surface area contributed by atoms with Crippen LogP contribution in [0.3, 0.4) is 0 Å². The van der Waals surface area contributed by atoms with Gasteiger partial charge in [0.1, 0.15) is 5.78 Å². The van der Waals surface area contributed by atoms with Crippen LogP contribution in [0.25, 0.3) is 0 Å². The van der Waals surface area contributed by atoms with Crippen molar-refractivity contribution >= 4 is 11.8 Å². The van der Waals surface area contributed by atoms with Crippen LogP contribution in [0.15, 0.2) is 0 Å². The monoisotopic (exact) mass is 256 g/mol. The normalized spacial score (nSPS) is 28.3. The van der Waals surface area contributed by atoms with Gasteiger partial charge in [-0.1, -0.05) is 6.92 Å². The molecule has 1 saturated carbocycles. The summed E-state index contributed by atoms with van der Waals surface area (Å²) < 4.78 is 16.2. The van der Waals surface area contributed by atoms with E-state index >= 15 is 0 Å². The van der Waals surface area contributed by atoms with Crippen molar-refractivity contribution in [1.82, 2.24) is 0 Å². The number of rotatable bonds is 3. The second kappa shape index (κ2) is 5.36. The summed E-state index contributed by atoms with van der Waals surface area (Å²) in [5.41, 5.74) is 0. The van der Waals surface area contributed by atoms with Gasteiger partial charge in [-0.2, -0.15) is 0 Å². The first-order valence-electron chi connectivity index (χ1n) is 6.55. The Hall–Kier alpha value is -0.940. The molecule has 0 bridgehead atoms. The number of esters is 1. The first-order valence-corrected chi connectivity index (χ1v) is 6.55. The molecule has 0 aromatic rings. The van der Waals surface area contributed by atoms with Crippen molar-refractivity contribution in [2.75, 3.05) is 19.8 Å². The topological polar surface area (TPSA) is 61.8 Å². The lowest BCUT2D eigenvalue weighted by Gasteiger charge is -2.36. The Kier molecular flexibility index (Phi) is 4.02. The number of carbonyl (C=O) groups is 2. The molecule has 0 amide bonds. The fourth-order valence-corrected chi connectivity index (χ4v) is 2.70. The molecule has 2 rings (SSSR count). The second-order valence-electron chi connectivity index (χ2n) is 4.93. The van der Waals surface area contributed by atoms with Crippen molar-refractivity contribution in [3.05, 3.63) is 0 Å². The Morgan fingerprint density at radius 1 is 1.50 bits per heavy atom. The van der Waals surface area contributed by atoms with Crippen LogP contribution in [-0.4, -0.2) is 37.4 Å². The summed E-state index contributed by atoms with van der Waals surface area (Å²) in [6.07, 6.45) is 1.47. The highest BCUT2D eigenvalue weighted by Crippen LogP contribution is 2.40. The molecule has 5 heteroatoms. The summed E-state index contributed by atoms with van der Waals surface area (Å²) in [7, 11) is 0. The SMILES string of the molecule is CCOC(=O)[C@@H](C)[C@@H]1CC2(CCC1=O)OCCO2. The van der Waals surface area contributed by atoms with E-state index in [-0.39, 0.29) is 17.7 Å². The van der Waals surface area contributed by atoms with Crippen molar-refractivity contribution in [2.24, 2.45) is 11.8 Å². The van der Waals surface area contributed by atoms with Crippen LogP contribution in [0, 0.1) is 11.8 Å². The lowest BCUT2D eigenvalue weighted by molar-refractivity contribution is -0.194. The Morgan fingerprint density at radius 2 is 2.17 bits per heavy atom. The molecule has 5 nitrogen and oxygen atoms in total. The van der Waals surface area contributed by atoms with Gasteiger partial charge < -0.3 is 14.2 Å². The van der Waals surface area contributed by atoms with Gasteiger partial charge in [-0.25, -0.2) is 0 Å². The van der Waals surface area contributed by atoms with E-state index < -0.39 is 11.7 Å². The van der Waals surface area contributed by atoms with Gasteiger partial charge in [-0.05, 0) is 6.92 Å². The zero-order valence-corrected chi connectivity index (χ0v) is 10.9. The van der Waals surface area contributed by atoms with Gasteiger partial charge >= 0.3 is 5.97 Å². The number of carbonyl (C=O) groups excluding carboxylic acids is 2. The largest absolute Gasteiger partial charge is 0.466 e. The van der Waals surface area contributed by atoms with E-state index in [0.717, 1.165) is 0 Å². The molecule has 1 heterocycles. The molecule has 1 spiro atoms. The number of ketones is 1. The highest BCUT2D eigenvalue weighted by Gasteiger charge is 2.47. The van der Waals surface area contributed by atoms with Crippen LogP contribution in [0.2, 0.25) is 0 Å². The zero-order chi connectivity index (χ0) is 13.2. The lowest BCUT2D eigenvalue weighted by atomic mass is 9.77. The van der Waals surface area contributed by atoms with E-state index in [1.165, 1.54) is 0 Å². The molecule has 0 aromatic carbocycles. The van der Waals surface area contributed by atoms with E-state index in [1.807, 2.05) is 0 Å². The first-order chi connectivity index (χ1) is 8.58. The van der Waals surface area contributed by atoms with Gasteiger partial charge in [-0.15, -0.1) is 0 Å². The van der Waals surface area contributed by atoms with E-state index in [0.29, 0.717) is 39.1 Å². The molecule has 0 radical (unpaired) electrons. The second-order valence-corrected chi connectivity index (χ2v) is 4.93. The quantitative estimate of drug-likeness (QED) is 0.712. The van der Waals surface area contributed by atoms with E-state index in [4.69, 9.17) is 14.2 Å². The maximum absolute atomic E-state index is 12.0. The first kappa shape index (κ1) is 13.5. The molecule has 2 aliphatic rings. The Balaban J connectivity index is 2.05. The Morgan fingerprint density at radius 3 is 2.78 bits per heavy atom. The molecule has 1 aliphatic heterocycles. The Labute approximate surface area is 107 Å². The fourth-order valence-electron chi connectivity index (χ4n) is 2.70. The maximum Gasteiger partial charge on any atom is 0.309 e. The summed E-state index contributed by atoms with van der Waals surface area (Å²) in [5, 5.41) is 0. The van der Waals surface area contributed by atoms with Crippen LogP contribution in [0.1, 0.15) is 33.1 Å². The Bertz CT molecular complexity index is 332. The van der Waals surface area contributed by atoms with Gasteiger partial charge in [-0.3, -0.25) is 9.59 Å². The highest BCUT2D eigenvalue weighted by atomic mass is 16.7. The van der Waals surface area contributed by atoms with Crippen LogP contribution in [0.4, 0.5) is 0 Å². The van der Waals surface area contributed by atoms with Crippen LogP contribution >= 0.6 is 0 Å². The van der Waals surface area contributed by atoms with Gasteiger partial charge in [0.2, 0.25) is 0 Å². The fraction of sp³-hybridized carbons (Fsp3) is 0.846. The molecule has 2 atom stereocenters. The van der Waals surface area contributed by atoms with Crippen molar-refractivity contribution in [1.29, 1.82) is 0 Å². The van der Waals surface area contributed by atoms with Crippen LogP contribution in [-0.2, 0) is 23.8 Å².